The number of anilines is 2. The molecule has 192 valence electrons. The Labute approximate surface area is 222 Å². The van der Waals surface area contributed by atoms with Crippen molar-refractivity contribution in [2.75, 3.05) is 28.2 Å². The summed E-state index contributed by atoms with van der Waals surface area (Å²) in [7, 11) is -3.79. The van der Waals surface area contributed by atoms with Gasteiger partial charge in [0, 0.05) is 23.1 Å². The molecular weight excluding hydrogens is 504 g/mol. The smallest absolute Gasteiger partial charge is 0.262 e. The van der Waals surface area contributed by atoms with Crippen LogP contribution < -0.4 is 19.5 Å². The summed E-state index contributed by atoms with van der Waals surface area (Å²) in [5.41, 5.74) is 3.63. The highest BCUT2D eigenvalue weighted by atomic mass is 32.2. The lowest BCUT2D eigenvalue weighted by Gasteiger charge is -2.38. The van der Waals surface area contributed by atoms with Gasteiger partial charge < -0.3 is 14.8 Å². The topological polar surface area (TPSA) is 76.7 Å². The van der Waals surface area contributed by atoms with Crippen LogP contribution in [-0.2, 0) is 10.0 Å². The van der Waals surface area contributed by atoms with Gasteiger partial charge in [-0.05, 0) is 72.9 Å². The van der Waals surface area contributed by atoms with Crippen LogP contribution in [0.1, 0.15) is 36.4 Å². The molecule has 3 atom stereocenters. The second-order valence-corrected chi connectivity index (χ2v) is 12.4. The fourth-order valence-electron chi connectivity index (χ4n) is 5.33. The zero-order chi connectivity index (χ0) is 25.4. The largest absolute Gasteiger partial charge is 0.492 e. The molecule has 1 saturated heterocycles. The van der Waals surface area contributed by atoms with Crippen molar-refractivity contribution in [1.29, 1.82) is 0 Å². The second-order valence-electron chi connectivity index (χ2n) is 9.61. The van der Waals surface area contributed by atoms with Gasteiger partial charge in [0.1, 0.15) is 17.6 Å². The van der Waals surface area contributed by atoms with Crippen LogP contribution in [0.4, 0.5) is 11.4 Å². The van der Waals surface area contributed by atoms with E-state index in [4.69, 9.17) is 9.47 Å². The number of hydrogen-bond acceptors (Lipinski definition) is 6. The van der Waals surface area contributed by atoms with Crippen molar-refractivity contribution >= 4 is 33.2 Å². The van der Waals surface area contributed by atoms with Gasteiger partial charge in [-0.2, -0.15) is 11.8 Å². The third-order valence-electron chi connectivity index (χ3n) is 7.23. The van der Waals surface area contributed by atoms with Gasteiger partial charge in [-0.15, -0.1) is 0 Å². The SMILES string of the molecule is CCOc1ccccc1NS(=O)(=O)c1ccc2c(c1)[C@H]1C=CC[C@H]1[C@@H](c1ccc(OC3CSC3)cc1)N2. The minimum Gasteiger partial charge on any atom is -0.492 e. The molecule has 2 heterocycles. The van der Waals surface area contributed by atoms with E-state index in [9.17, 15) is 8.42 Å². The Morgan fingerprint density at radius 2 is 1.86 bits per heavy atom. The summed E-state index contributed by atoms with van der Waals surface area (Å²) in [4.78, 5) is 0.243. The van der Waals surface area contributed by atoms with Gasteiger partial charge in [0.05, 0.1) is 23.2 Å². The van der Waals surface area contributed by atoms with Gasteiger partial charge in [-0.1, -0.05) is 36.4 Å². The van der Waals surface area contributed by atoms with Crippen LogP contribution in [0, 0.1) is 5.92 Å². The Balaban J connectivity index is 1.26. The minimum absolute atomic E-state index is 0.138. The molecule has 1 aliphatic carbocycles. The Morgan fingerprint density at radius 3 is 2.62 bits per heavy atom. The first kappa shape index (κ1) is 24.2. The quantitative estimate of drug-likeness (QED) is 0.335. The van der Waals surface area contributed by atoms with Crippen LogP contribution in [0.15, 0.2) is 83.8 Å². The van der Waals surface area contributed by atoms with Crippen LogP contribution in [0.2, 0.25) is 0 Å². The fourth-order valence-corrected chi connectivity index (χ4v) is 7.00. The number of nitrogens with one attached hydrogen (secondary N) is 2. The van der Waals surface area contributed by atoms with Crippen LogP contribution >= 0.6 is 11.8 Å². The molecule has 6 nitrogen and oxygen atoms in total. The summed E-state index contributed by atoms with van der Waals surface area (Å²) in [5, 5.41) is 3.70. The Morgan fingerprint density at radius 1 is 1.05 bits per heavy atom. The summed E-state index contributed by atoms with van der Waals surface area (Å²) in [6.07, 6.45) is 5.70. The van der Waals surface area contributed by atoms with Crippen LogP contribution in [0.25, 0.3) is 0 Å². The van der Waals surface area contributed by atoms with Crippen molar-refractivity contribution in [3.05, 3.63) is 90.0 Å². The zero-order valence-corrected chi connectivity index (χ0v) is 22.2. The second kappa shape index (κ2) is 9.99. The van der Waals surface area contributed by atoms with E-state index in [1.165, 1.54) is 5.56 Å². The molecule has 37 heavy (non-hydrogen) atoms. The first-order valence-electron chi connectivity index (χ1n) is 12.7. The molecule has 3 aliphatic rings. The van der Waals surface area contributed by atoms with E-state index in [0.717, 1.165) is 34.9 Å². The predicted octanol–water partition coefficient (Wildman–Crippen LogP) is 6.21. The van der Waals surface area contributed by atoms with Crippen LogP contribution in [0.5, 0.6) is 11.5 Å². The summed E-state index contributed by atoms with van der Waals surface area (Å²) >= 11 is 1.91. The minimum atomic E-state index is -3.79. The Kier molecular flexibility index (Phi) is 6.55. The molecule has 0 bridgehead atoms. The van der Waals surface area contributed by atoms with Gasteiger partial charge in [-0.3, -0.25) is 4.72 Å². The maximum atomic E-state index is 13.3. The average Bonchev–Trinajstić information content (AvgIpc) is 3.38. The lowest BCUT2D eigenvalue weighted by molar-refractivity contribution is 0.240. The number of benzene rings is 3. The van der Waals surface area contributed by atoms with Gasteiger partial charge in [0.25, 0.3) is 10.0 Å². The van der Waals surface area contributed by atoms with E-state index in [1.54, 1.807) is 24.3 Å². The molecule has 0 aromatic heterocycles. The zero-order valence-electron chi connectivity index (χ0n) is 20.6. The third kappa shape index (κ3) is 4.80. The molecule has 2 aliphatic heterocycles. The maximum Gasteiger partial charge on any atom is 0.262 e. The molecule has 3 aromatic rings. The van der Waals surface area contributed by atoms with Crippen molar-refractivity contribution < 1.29 is 17.9 Å². The van der Waals surface area contributed by atoms with E-state index in [-0.39, 0.29) is 16.9 Å². The lowest BCUT2D eigenvalue weighted by Crippen LogP contribution is -2.31. The van der Waals surface area contributed by atoms with Gasteiger partial charge >= 0.3 is 0 Å². The molecule has 0 spiro atoms. The highest BCUT2D eigenvalue weighted by Crippen LogP contribution is 2.50. The highest BCUT2D eigenvalue weighted by molar-refractivity contribution is 8.00. The molecule has 2 N–H and O–H groups in total. The third-order valence-corrected chi connectivity index (χ3v) is 9.80. The molecular formula is C29H30N2O4S2. The Hall–Kier alpha value is -3.10. The first-order valence-corrected chi connectivity index (χ1v) is 15.3. The van der Waals surface area contributed by atoms with Crippen LogP contribution in [-0.4, -0.2) is 32.6 Å². The van der Waals surface area contributed by atoms with Gasteiger partial charge in [-0.25, -0.2) is 8.42 Å². The molecule has 0 amide bonds. The monoisotopic (exact) mass is 534 g/mol. The summed E-state index contributed by atoms with van der Waals surface area (Å²) in [5.74, 6) is 4.01. The molecule has 3 aromatic carbocycles. The average molecular weight is 535 g/mol. The molecule has 6 rings (SSSR count). The van der Waals surface area contributed by atoms with E-state index in [0.29, 0.717) is 30.1 Å². The molecule has 0 radical (unpaired) electrons. The van der Waals surface area contributed by atoms with Gasteiger partial charge in [0.15, 0.2) is 0 Å². The number of ether oxygens (including phenoxy) is 2. The highest BCUT2D eigenvalue weighted by Gasteiger charge is 2.38. The number of thioether (sulfide) groups is 1. The van der Waals surface area contributed by atoms with Crippen molar-refractivity contribution in [2.45, 2.75) is 36.3 Å². The van der Waals surface area contributed by atoms with Crippen LogP contribution in [0.3, 0.4) is 0 Å². The van der Waals surface area contributed by atoms with Crippen molar-refractivity contribution in [1.82, 2.24) is 0 Å². The number of fused-ring (bicyclic) bond motifs is 3. The van der Waals surface area contributed by atoms with Gasteiger partial charge in [0.2, 0.25) is 0 Å². The number of hydrogen-bond donors (Lipinski definition) is 2. The first-order chi connectivity index (χ1) is 18.0. The predicted molar refractivity (Wildman–Crippen MR) is 149 cm³/mol. The molecule has 0 unspecified atom stereocenters. The molecule has 0 saturated carbocycles. The van der Waals surface area contributed by atoms with E-state index in [1.807, 2.05) is 36.9 Å². The molecule has 1 fully saturated rings. The number of rotatable bonds is 8. The van der Waals surface area contributed by atoms with Crippen molar-refractivity contribution in [3.63, 3.8) is 0 Å². The fraction of sp³-hybridized carbons (Fsp3) is 0.310. The van der Waals surface area contributed by atoms with Crippen molar-refractivity contribution in [2.24, 2.45) is 5.92 Å². The van der Waals surface area contributed by atoms with E-state index >= 15 is 0 Å². The van der Waals surface area contributed by atoms with E-state index < -0.39 is 10.0 Å². The number of allylic oxidation sites excluding steroid dienone is 2. The summed E-state index contributed by atoms with van der Waals surface area (Å²) < 4.78 is 41.0. The summed E-state index contributed by atoms with van der Waals surface area (Å²) in [6, 6.07) is 21.0. The number of para-hydroxylation sites is 2. The normalized spacial score (nSPS) is 22.4. The number of sulfonamides is 1. The Bertz CT molecular complexity index is 1420. The molecule has 8 heteroatoms. The van der Waals surface area contributed by atoms with E-state index in [2.05, 4.69) is 46.5 Å². The standard InChI is InChI=1S/C29H30N2O4S2/c1-2-34-28-9-4-3-8-27(28)31-37(32,33)22-14-15-26-25(16-22)23-6-5-7-24(23)29(30-26)19-10-12-20(13-11-19)35-21-17-36-18-21/h3-6,8-16,21,23-24,29-31H,2,7,17-18H2,1H3/t23-,24+,29+/m0/s1. The maximum absolute atomic E-state index is 13.3. The lowest BCUT2D eigenvalue weighted by atomic mass is 9.77. The van der Waals surface area contributed by atoms with Crippen molar-refractivity contribution in [3.8, 4) is 11.5 Å². The summed E-state index contributed by atoms with van der Waals surface area (Å²) in [6.45, 7) is 2.33.